The zero-order valence-corrected chi connectivity index (χ0v) is 17.0. The first kappa shape index (κ1) is 18.1. The van der Waals surface area contributed by atoms with Gasteiger partial charge in [0.15, 0.2) is 14.1 Å². The molecule has 0 radical (unpaired) electrons. The van der Waals surface area contributed by atoms with Gasteiger partial charge in [-0.25, -0.2) is 0 Å². The summed E-state index contributed by atoms with van der Waals surface area (Å²) in [5.41, 5.74) is 0.974. The molecule has 0 aliphatic carbocycles. The molecule has 1 heterocycles. The van der Waals surface area contributed by atoms with Crippen LogP contribution in [0.3, 0.4) is 0 Å². The topological polar surface area (TPSA) is 31.4 Å². The van der Waals surface area contributed by atoms with Crippen molar-refractivity contribution in [2.75, 3.05) is 13.2 Å². The SMILES string of the molecule is CC(C)(C)[Si](C)(C)OCCOc1cnc(CBr)cc1Br. The van der Waals surface area contributed by atoms with Crippen molar-refractivity contribution in [1.82, 2.24) is 4.98 Å². The summed E-state index contributed by atoms with van der Waals surface area (Å²) in [6.45, 7) is 12.4. The van der Waals surface area contributed by atoms with Crippen molar-refractivity contribution in [3.63, 3.8) is 0 Å². The highest BCUT2D eigenvalue weighted by molar-refractivity contribution is 9.10. The zero-order chi connectivity index (χ0) is 15.4. The fourth-order valence-corrected chi connectivity index (χ4v) is 3.12. The molecule has 0 N–H and O–H groups in total. The molecule has 0 fully saturated rings. The van der Waals surface area contributed by atoms with Crippen LogP contribution in [0.15, 0.2) is 16.7 Å². The fraction of sp³-hybridized carbons (Fsp3) is 0.643. The average Bonchev–Trinajstić information content (AvgIpc) is 2.34. The normalized spacial score (nSPS) is 12.6. The van der Waals surface area contributed by atoms with Crippen LogP contribution in [0.1, 0.15) is 26.5 Å². The molecule has 0 spiro atoms. The van der Waals surface area contributed by atoms with Gasteiger partial charge >= 0.3 is 0 Å². The van der Waals surface area contributed by atoms with Gasteiger partial charge in [-0.15, -0.1) is 0 Å². The van der Waals surface area contributed by atoms with Gasteiger partial charge in [0.2, 0.25) is 0 Å². The van der Waals surface area contributed by atoms with Crippen LogP contribution in [0.2, 0.25) is 18.1 Å². The van der Waals surface area contributed by atoms with Crippen molar-refractivity contribution in [3.8, 4) is 5.75 Å². The van der Waals surface area contributed by atoms with Crippen LogP contribution in [0.25, 0.3) is 0 Å². The highest BCUT2D eigenvalue weighted by Gasteiger charge is 2.36. The van der Waals surface area contributed by atoms with Gasteiger partial charge in [0.25, 0.3) is 0 Å². The average molecular weight is 425 g/mol. The predicted octanol–water partition coefficient (Wildman–Crippen LogP) is 5.14. The molecule has 0 aliphatic rings. The second-order valence-electron chi connectivity index (χ2n) is 6.20. The Labute approximate surface area is 139 Å². The lowest BCUT2D eigenvalue weighted by molar-refractivity contribution is 0.202. The third-order valence-corrected chi connectivity index (χ3v) is 9.36. The summed E-state index contributed by atoms with van der Waals surface area (Å²) in [6, 6.07) is 1.96. The van der Waals surface area contributed by atoms with Crippen molar-refractivity contribution in [2.24, 2.45) is 0 Å². The van der Waals surface area contributed by atoms with Gasteiger partial charge in [-0.2, -0.15) is 0 Å². The van der Waals surface area contributed by atoms with E-state index in [0.717, 1.165) is 21.2 Å². The number of hydrogen-bond acceptors (Lipinski definition) is 3. The number of nitrogens with zero attached hydrogens (tertiary/aromatic N) is 1. The van der Waals surface area contributed by atoms with Crippen LogP contribution in [-0.2, 0) is 9.76 Å². The Hall–Kier alpha value is 0.0869. The molecule has 0 unspecified atom stereocenters. The van der Waals surface area contributed by atoms with Crippen molar-refractivity contribution >= 4 is 40.2 Å². The third-order valence-electron chi connectivity index (χ3n) is 3.62. The Balaban J connectivity index is 2.46. The lowest BCUT2D eigenvalue weighted by atomic mass is 10.2. The first-order valence-corrected chi connectivity index (χ1v) is 11.5. The monoisotopic (exact) mass is 423 g/mol. The van der Waals surface area contributed by atoms with Gasteiger partial charge < -0.3 is 9.16 Å². The van der Waals surface area contributed by atoms with E-state index < -0.39 is 8.32 Å². The number of alkyl halides is 1. The summed E-state index contributed by atoms with van der Waals surface area (Å²) in [5, 5.41) is 0.965. The molecule has 0 saturated heterocycles. The van der Waals surface area contributed by atoms with Crippen LogP contribution in [0, 0.1) is 0 Å². The Morgan fingerprint density at radius 2 is 1.90 bits per heavy atom. The first-order valence-electron chi connectivity index (χ1n) is 6.64. The van der Waals surface area contributed by atoms with E-state index in [1.807, 2.05) is 6.07 Å². The van der Waals surface area contributed by atoms with Crippen molar-refractivity contribution < 1.29 is 9.16 Å². The van der Waals surface area contributed by atoms with Gasteiger partial charge in [0.1, 0.15) is 6.61 Å². The molecule has 20 heavy (non-hydrogen) atoms. The molecule has 0 aromatic carbocycles. The fourth-order valence-electron chi connectivity index (χ4n) is 1.30. The molecule has 0 aliphatic heterocycles. The lowest BCUT2D eigenvalue weighted by Gasteiger charge is -2.36. The molecular formula is C14H23Br2NO2Si. The van der Waals surface area contributed by atoms with Crippen molar-refractivity contribution in [3.05, 3.63) is 22.4 Å². The minimum atomic E-state index is -1.68. The number of hydrogen-bond donors (Lipinski definition) is 0. The number of halogens is 2. The maximum Gasteiger partial charge on any atom is 0.192 e. The van der Waals surface area contributed by atoms with E-state index >= 15 is 0 Å². The Kier molecular flexibility index (Phi) is 6.69. The van der Waals surface area contributed by atoms with Crippen LogP contribution in [0.4, 0.5) is 0 Å². The zero-order valence-electron chi connectivity index (χ0n) is 12.8. The van der Waals surface area contributed by atoms with Crippen LogP contribution < -0.4 is 4.74 Å². The van der Waals surface area contributed by atoms with Crippen molar-refractivity contribution in [1.29, 1.82) is 0 Å². The Bertz CT molecular complexity index is 447. The number of aromatic nitrogens is 1. The van der Waals surface area contributed by atoms with E-state index in [1.54, 1.807) is 6.20 Å². The highest BCUT2D eigenvalue weighted by Crippen LogP contribution is 2.36. The van der Waals surface area contributed by atoms with Crippen molar-refractivity contribution in [2.45, 2.75) is 44.2 Å². The number of rotatable bonds is 6. The standard InChI is InChI=1S/C14H23Br2NO2Si/c1-14(2,3)20(4,5)19-7-6-18-13-10-17-11(9-15)8-12(13)16/h8,10H,6-7,9H2,1-5H3. The molecule has 0 atom stereocenters. The van der Waals surface area contributed by atoms with Gasteiger partial charge in [0.05, 0.1) is 23.0 Å². The highest BCUT2D eigenvalue weighted by atomic mass is 79.9. The predicted molar refractivity (Wildman–Crippen MR) is 93.2 cm³/mol. The summed E-state index contributed by atoms with van der Waals surface area (Å²) in [6.07, 6.45) is 1.74. The van der Waals surface area contributed by atoms with Crippen LogP contribution in [0.5, 0.6) is 5.75 Å². The lowest BCUT2D eigenvalue weighted by Crippen LogP contribution is -2.41. The summed E-state index contributed by atoms with van der Waals surface area (Å²) in [5.74, 6) is 0.758. The molecule has 114 valence electrons. The first-order chi connectivity index (χ1) is 9.17. The molecule has 1 aromatic heterocycles. The van der Waals surface area contributed by atoms with E-state index in [1.165, 1.54) is 0 Å². The maximum absolute atomic E-state index is 6.07. The maximum atomic E-state index is 6.07. The Morgan fingerprint density at radius 1 is 1.25 bits per heavy atom. The smallest absolute Gasteiger partial charge is 0.192 e. The minimum Gasteiger partial charge on any atom is -0.488 e. The quantitative estimate of drug-likeness (QED) is 0.360. The summed E-state index contributed by atoms with van der Waals surface area (Å²) < 4.78 is 12.7. The molecule has 1 aromatic rings. The number of pyridine rings is 1. The van der Waals surface area contributed by atoms with E-state index in [9.17, 15) is 0 Å². The molecule has 0 amide bonds. The largest absolute Gasteiger partial charge is 0.488 e. The van der Waals surface area contributed by atoms with E-state index in [2.05, 4.69) is 70.7 Å². The summed E-state index contributed by atoms with van der Waals surface area (Å²) in [7, 11) is -1.68. The minimum absolute atomic E-state index is 0.229. The molecule has 0 bridgehead atoms. The third kappa shape index (κ3) is 5.13. The van der Waals surface area contributed by atoms with Crippen LogP contribution >= 0.6 is 31.9 Å². The molecular weight excluding hydrogens is 402 g/mol. The van der Waals surface area contributed by atoms with E-state index in [0.29, 0.717) is 13.2 Å². The van der Waals surface area contributed by atoms with Gasteiger partial charge in [0, 0.05) is 5.33 Å². The second kappa shape index (κ2) is 7.38. The van der Waals surface area contributed by atoms with Crippen LogP contribution in [-0.4, -0.2) is 26.5 Å². The summed E-state index contributed by atoms with van der Waals surface area (Å²) >= 11 is 6.87. The van der Waals surface area contributed by atoms with E-state index in [4.69, 9.17) is 9.16 Å². The van der Waals surface area contributed by atoms with E-state index in [-0.39, 0.29) is 5.04 Å². The summed E-state index contributed by atoms with van der Waals surface area (Å²) in [4.78, 5) is 4.29. The number of ether oxygens (including phenoxy) is 1. The van der Waals surface area contributed by atoms with Gasteiger partial charge in [-0.05, 0) is 40.1 Å². The Morgan fingerprint density at radius 3 is 2.40 bits per heavy atom. The second-order valence-corrected chi connectivity index (χ2v) is 12.4. The molecule has 1 rings (SSSR count). The molecule has 3 nitrogen and oxygen atoms in total. The molecule has 0 saturated carbocycles. The molecule has 6 heteroatoms. The van der Waals surface area contributed by atoms with Gasteiger partial charge in [-0.3, -0.25) is 4.98 Å². The van der Waals surface area contributed by atoms with Gasteiger partial charge in [-0.1, -0.05) is 36.7 Å².